The van der Waals surface area contributed by atoms with Gasteiger partial charge in [-0.3, -0.25) is 4.79 Å². The van der Waals surface area contributed by atoms with Crippen molar-refractivity contribution in [3.05, 3.63) is 28.2 Å². The number of benzene rings is 1. The fraction of sp³-hybridized carbons (Fsp3) is 0.385. The van der Waals surface area contributed by atoms with Crippen LogP contribution in [0.4, 0.5) is 5.69 Å². The third-order valence-electron chi connectivity index (χ3n) is 2.90. The minimum atomic E-state index is -1.09. The number of amides is 1. The van der Waals surface area contributed by atoms with Gasteiger partial charge in [0.2, 0.25) is 5.91 Å². The highest BCUT2D eigenvalue weighted by atomic mass is 79.9. The van der Waals surface area contributed by atoms with Crippen molar-refractivity contribution in [1.82, 2.24) is 5.32 Å². The number of morpholine rings is 1. The van der Waals surface area contributed by atoms with Crippen LogP contribution in [0, 0.1) is 0 Å². The molecule has 1 aliphatic heterocycles. The lowest BCUT2D eigenvalue weighted by molar-refractivity contribution is -0.119. The van der Waals surface area contributed by atoms with Crippen LogP contribution in [0.3, 0.4) is 0 Å². The van der Waals surface area contributed by atoms with Gasteiger partial charge >= 0.3 is 5.97 Å². The zero-order valence-corrected chi connectivity index (χ0v) is 12.3. The Labute approximate surface area is 124 Å². The maximum Gasteiger partial charge on any atom is 0.337 e. The van der Waals surface area contributed by atoms with Gasteiger partial charge in [-0.2, -0.15) is 0 Å². The number of carbonyl (C=O) groups is 2. The molecule has 1 amide bonds. The smallest absolute Gasteiger partial charge is 0.337 e. The highest BCUT2D eigenvalue weighted by Gasteiger charge is 2.19. The lowest BCUT2D eigenvalue weighted by Gasteiger charge is -2.23. The van der Waals surface area contributed by atoms with E-state index in [9.17, 15) is 9.59 Å². The first-order valence-electron chi connectivity index (χ1n) is 6.21. The molecule has 0 bridgehead atoms. The van der Waals surface area contributed by atoms with E-state index in [0.717, 1.165) is 6.54 Å². The highest BCUT2D eigenvalue weighted by Crippen LogP contribution is 2.21. The van der Waals surface area contributed by atoms with Gasteiger partial charge < -0.3 is 20.5 Å². The Morgan fingerprint density at radius 1 is 1.50 bits per heavy atom. The van der Waals surface area contributed by atoms with Gasteiger partial charge in [-0.25, -0.2) is 4.79 Å². The molecule has 1 atom stereocenters. The van der Waals surface area contributed by atoms with E-state index in [-0.39, 0.29) is 29.7 Å². The predicted octanol–water partition coefficient (Wildman–Crippen LogP) is 1.46. The minimum absolute atomic E-state index is 0.0513. The summed E-state index contributed by atoms with van der Waals surface area (Å²) in [5.41, 5.74) is 0.338. The van der Waals surface area contributed by atoms with Crippen molar-refractivity contribution in [1.29, 1.82) is 0 Å². The maximum absolute atomic E-state index is 11.9. The standard InChI is InChI=1S/C13H15BrN2O4/c14-8-1-2-11(10(5-8)13(18)19)16-12(17)6-9-7-15-3-4-20-9/h1-2,5,9,15H,3-4,6-7H2,(H,16,17)(H,18,19). The molecule has 0 aromatic heterocycles. The summed E-state index contributed by atoms with van der Waals surface area (Å²) in [5, 5.41) is 14.9. The molecule has 1 aromatic rings. The quantitative estimate of drug-likeness (QED) is 0.771. The van der Waals surface area contributed by atoms with E-state index in [1.807, 2.05) is 0 Å². The zero-order valence-electron chi connectivity index (χ0n) is 10.7. The molecule has 0 radical (unpaired) electrons. The summed E-state index contributed by atoms with van der Waals surface area (Å²) in [5.74, 6) is -1.35. The second-order valence-electron chi connectivity index (χ2n) is 4.44. The van der Waals surface area contributed by atoms with E-state index in [1.165, 1.54) is 6.07 Å². The van der Waals surface area contributed by atoms with Crippen LogP contribution in [-0.4, -0.2) is 42.8 Å². The van der Waals surface area contributed by atoms with Gasteiger partial charge in [0.1, 0.15) is 0 Å². The summed E-state index contributed by atoms with van der Waals surface area (Å²) in [4.78, 5) is 23.1. The monoisotopic (exact) mass is 342 g/mol. The van der Waals surface area contributed by atoms with Crippen molar-refractivity contribution in [3.8, 4) is 0 Å². The molecule has 7 heteroatoms. The molecule has 2 rings (SSSR count). The molecule has 1 saturated heterocycles. The topological polar surface area (TPSA) is 87.7 Å². The van der Waals surface area contributed by atoms with Crippen LogP contribution < -0.4 is 10.6 Å². The van der Waals surface area contributed by atoms with Crippen LogP contribution in [0.25, 0.3) is 0 Å². The zero-order chi connectivity index (χ0) is 14.5. The lowest BCUT2D eigenvalue weighted by atomic mass is 10.1. The highest BCUT2D eigenvalue weighted by molar-refractivity contribution is 9.10. The van der Waals surface area contributed by atoms with Crippen molar-refractivity contribution < 1.29 is 19.4 Å². The van der Waals surface area contributed by atoms with Crippen molar-refractivity contribution in [2.75, 3.05) is 25.0 Å². The Hall–Kier alpha value is -1.44. The number of rotatable bonds is 4. The molecule has 0 aliphatic carbocycles. The van der Waals surface area contributed by atoms with E-state index in [0.29, 0.717) is 17.6 Å². The van der Waals surface area contributed by atoms with Crippen molar-refractivity contribution in [2.24, 2.45) is 0 Å². The van der Waals surface area contributed by atoms with Crippen LogP contribution in [0.5, 0.6) is 0 Å². The summed E-state index contributed by atoms with van der Waals surface area (Å²) in [6.07, 6.45) is 0.0229. The number of hydrogen-bond donors (Lipinski definition) is 3. The molecule has 3 N–H and O–H groups in total. The molecule has 1 aromatic carbocycles. The molecule has 1 heterocycles. The Kier molecular flexibility index (Phi) is 5.11. The molecule has 1 fully saturated rings. The van der Waals surface area contributed by atoms with Gasteiger partial charge in [0.05, 0.1) is 30.4 Å². The SMILES string of the molecule is O=C(CC1CNCCO1)Nc1ccc(Br)cc1C(=O)O. The van der Waals surface area contributed by atoms with E-state index in [4.69, 9.17) is 9.84 Å². The van der Waals surface area contributed by atoms with Gasteiger partial charge in [0.25, 0.3) is 0 Å². The van der Waals surface area contributed by atoms with E-state index >= 15 is 0 Å². The second kappa shape index (κ2) is 6.83. The number of ether oxygens (including phenoxy) is 1. The molecule has 1 aliphatic rings. The number of halogens is 1. The summed E-state index contributed by atoms with van der Waals surface area (Å²) in [7, 11) is 0. The van der Waals surface area contributed by atoms with Crippen LogP contribution in [0.2, 0.25) is 0 Å². The Morgan fingerprint density at radius 3 is 2.95 bits per heavy atom. The fourth-order valence-corrected chi connectivity index (χ4v) is 2.32. The minimum Gasteiger partial charge on any atom is -0.478 e. The summed E-state index contributed by atoms with van der Waals surface area (Å²) in [6, 6.07) is 4.70. The molecule has 20 heavy (non-hydrogen) atoms. The average molecular weight is 343 g/mol. The number of anilines is 1. The van der Waals surface area contributed by atoms with Gasteiger partial charge in [-0.15, -0.1) is 0 Å². The van der Waals surface area contributed by atoms with Gasteiger partial charge in [-0.05, 0) is 18.2 Å². The van der Waals surface area contributed by atoms with Crippen molar-refractivity contribution >= 4 is 33.5 Å². The van der Waals surface area contributed by atoms with Crippen molar-refractivity contribution in [2.45, 2.75) is 12.5 Å². The molecule has 0 spiro atoms. The van der Waals surface area contributed by atoms with Gasteiger partial charge in [0, 0.05) is 17.6 Å². The number of carbonyl (C=O) groups excluding carboxylic acids is 1. The number of carboxylic acids is 1. The maximum atomic E-state index is 11.9. The Balaban J connectivity index is 2.01. The number of nitrogens with one attached hydrogen (secondary N) is 2. The molecular weight excluding hydrogens is 328 g/mol. The van der Waals surface area contributed by atoms with Crippen LogP contribution in [-0.2, 0) is 9.53 Å². The number of aromatic carboxylic acids is 1. The lowest BCUT2D eigenvalue weighted by Crippen LogP contribution is -2.40. The van der Waals surface area contributed by atoms with E-state index in [2.05, 4.69) is 26.6 Å². The molecule has 108 valence electrons. The number of hydrogen-bond acceptors (Lipinski definition) is 4. The first-order chi connectivity index (χ1) is 9.56. The van der Waals surface area contributed by atoms with E-state index in [1.54, 1.807) is 12.1 Å². The van der Waals surface area contributed by atoms with Crippen LogP contribution in [0.15, 0.2) is 22.7 Å². The molecule has 6 nitrogen and oxygen atoms in total. The second-order valence-corrected chi connectivity index (χ2v) is 5.36. The third kappa shape index (κ3) is 4.03. The Bertz CT molecular complexity index is 515. The average Bonchev–Trinajstić information content (AvgIpc) is 2.41. The fourth-order valence-electron chi connectivity index (χ4n) is 1.96. The van der Waals surface area contributed by atoms with E-state index < -0.39 is 5.97 Å². The normalized spacial score (nSPS) is 18.6. The number of carboxylic acid groups (broad SMARTS) is 1. The largest absolute Gasteiger partial charge is 0.478 e. The molecular formula is C13H15BrN2O4. The van der Waals surface area contributed by atoms with Crippen LogP contribution >= 0.6 is 15.9 Å². The van der Waals surface area contributed by atoms with Crippen LogP contribution in [0.1, 0.15) is 16.8 Å². The first kappa shape index (κ1) is 15.0. The van der Waals surface area contributed by atoms with Gasteiger partial charge in [0.15, 0.2) is 0 Å². The van der Waals surface area contributed by atoms with Crippen molar-refractivity contribution in [3.63, 3.8) is 0 Å². The predicted molar refractivity (Wildman–Crippen MR) is 77.0 cm³/mol. The first-order valence-corrected chi connectivity index (χ1v) is 7.00. The third-order valence-corrected chi connectivity index (χ3v) is 3.40. The summed E-state index contributed by atoms with van der Waals surface area (Å²) in [6.45, 7) is 1.99. The molecule has 0 saturated carbocycles. The summed E-state index contributed by atoms with van der Waals surface area (Å²) >= 11 is 3.21. The van der Waals surface area contributed by atoms with Gasteiger partial charge in [-0.1, -0.05) is 15.9 Å². The summed E-state index contributed by atoms with van der Waals surface area (Å²) < 4.78 is 6.08. The molecule has 1 unspecified atom stereocenters. The Morgan fingerprint density at radius 2 is 2.30 bits per heavy atom.